The molecule has 1 amide bonds. The maximum absolute atomic E-state index is 12.8. The summed E-state index contributed by atoms with van der Waals surface area (Å²) in [6.07, 6.45) is 0.758. The molecule has 0 atom stereocenters. The summed E-state index contributed by atoms with van der Waals surface area (Å²) in [4.78, 5) is 17.2. The number of rotatable bonds is 8. The Morgan fingerprint density at radius 1 is 0.857 bits per heavy atom. The number of hydrogen-bond donors (Lipinski definition) is 1. The van der Waals surface area contributed by atoms with Crippen molar-refractivity contribution in [1.82, 2.24) is 10.3 Å². The number of nitrogens with zero attached hydrogens (tertiary/aromatic N) is 1. The van der Waals surface area contributed by atoms with Gasteiger partial charge in [0.05, 0.1) is 10.6 Å². The quantitative estimate of drug-likeness (QED) is 0.368. The Kier molecular flexibility index (Phi) is 7.17. The number of hydrogen-bond acceptors (Lipinski definition) is 5. The third kappa shape index (κ3) is 6.05. The Morgan fingerprint density at radius 2 is 1.46 bits per heavy atom. The van der Waals surface area contributed by atoms with Crippen molar-refractivity contribution in [3.8, 4) is 11.5 Å². The summed E-state index contributed by atoms with van der Waals surface area (Å²) in [5.41, 5.74) is 4.95. The van der Waals surface area contributed by atoms with Crippen LogP contribution in [-0.4, -0.2) is 25.9 Å². The minimum atomic E-state index is -3.55. The van der Waals surface area contributed by atoms with Gasteiger partial charge in [0.15, 0.2) is 9.84 Å². The van der Waals surface area contributed by atoms with Crippen molar-refractivity contribution in [3.63, 3.8) is 0 Å². The minimum absolute atomic E-state index is 0.155. The average molecular weight is 489 g/mol. The number of amides is 1. The molecule has 6 nitrogen and oxygen atoms in total. The highest BCUT2D eigenvalue weighted by molar-refractivity contribution is 7.90. The zero-order valence-electron chi connectivity index (χ0n) is 20.0. The van der Waals surface area contributed by atoms with Crippen molar-refractivity contribution in [2.75, 3.05) is 6.54 Å². The molecule has 0 aliphatic rings. The van der Waals surface area contributed by atoms with Gasteiger partial charge in [0.1, 0.15) is 11.5 Å². The van der Waals surface area contributed by atoms with E-state index in [1.807, 2.05) is 13.8 Å². The van der Waals surface area contributed by atoms with Crippen LogP contribution in [0.1, 0.15) is 38.5 Å². The van der Waals surface area contributed by atoms with Gasteiger partial charge in [-0.25, -0.2) is 13.4 Å². The fourth-order valence-electron chi connectivity index (χ4n) is 3.64. The molecule has 180 valence electrons. The van der Waals surface area contributed by atoms with Gasteiger partial charge in [-0.15, -0.1) is 0 Å². The summed E-state index contributed by atoms with van der Waals surface area (Å²) in [5, 5.41) is 2.93. The molecule has 0 radical (unpaired) electrons. The van der Waals surface area contributed by atoms with Crippen LogP contribution in [0.4, 0.5) is 0 Å². The average Bonchev–Trinajstić information content (AvgIpc) is 3.20. The van der Waals surface area contributed by atoms with E-state index >= 15 is 0 Å². The Hall–Kier alpha value is -3.71. The second-order valence-corrected chi connectivity index (χ2v) is 10.7. The molecule has 0 saturated carbocycles. The van der Waals surface area contributed by atoms with E-state index in [-0.39, 0.29) is 16.6 Å². The van der Waals surface area contributed by atoms with E-state index in [0.717, 1.165) is 12.0 Å². The molecule has 7 heteroatoms. The highest BCUT2D eigenvalue weighted by Gasteiger charge is 2.21. The third-order valence-electron chi connectivity index (χ3n) is 5.81. The number of aromatic nitrogens is 1. The van der Waals surface area contributed by atoms with E-state index in [4.69, 9.17) is 4.42 Å². The van der Waals surface area contributed by atoms with Crippen LogP contribution in [0.3, 0.4) is 0 Å². The summed E-state index contributed by atoms with van der Waals surface area (Å²) in [5.74, 6) is 0.376. The molecule has 1 heterocycles. The Bertz CT molecular complexity index is 1420. The van der Waals surface area contributed by atoms with Gasteiger partial charge in [-0.3, -0.25) is 4.79 Å². The van der Waals surface area contributed by atoms with Gasteiger partial charge < -0.3 is 9.73 Å². The molecule has 0 unspecified atom stereocenters. The van der Waals surface area contributed by atoms with E-state index < -0.39 is 9.84 Å². The van der Waals surface area contributed by atoms with Crippen LogP contribution in [-0.2, 0) is 22.0 Å². The maximum atomic E-state index is 12.8. The lowest BCUT2D eigenvalue weighted by Gasteiger charge is -2.06. The number of carbonyl (C=O) groups excluding carboxylic acids is 1. The Balaban J connectivity index is 1.40. The monoisotopic (exact) mass is 488 g/mol. The molecule has 3 aromatic carbocycles. The van der Waals surface area contributed by atoms with E-state index in [0.29, 0.717) is 35.0 Å². The number of benzene rings is 3. The number of aryl methyl sites for hydroxylation is 3. The molecule has 35 heavy (non-hydrogen) atoms. The predicted octanol–water partition coefficient (Wildman–Crippen LogP) is 5.21. The summed E-state index contributed by atoms with van der Waals surface area (Å²) in [6, 6.07) is 21.9. The van der Waals surface area contributed by atoms with Crippen molar-refractivity contribution in [2.24, 2.45) is 0 Å². The fraction of sp³-hybridized carbons (Fsp3) is 0.214. The van der Waals surface area contributed by atoms with Gasteiger partial charge in [-0.1, -0.05) is 47.5 Å². The molecule has 1 aromatic heterocycles. The van der Waals surface area contributed by atoms with Crippen LogP contribution in [0, 0.1) is 20.8 Å². The van der Waals surface area contributed by atoms with Gasteiger partial charge in [0.2, 0.25) is 5.89 Å². The van der Waals surface area contributed by atoms with Crippen LogP contribution in [0.2, 0.25) is 0 Å². The second-order valence-electron chi connectivity index (χ2n) is 8.66. The van der Waals surface area contributed by atoms with Crippen LogP contribution in [0.25, 0.3) is 11.5 Å². The maximum Gasteiger partial charge on any atom is 0.251 e. The number of oxazole rings is 1. The van der Waals surface area contributed by atoms with E-state index in [9.17, 15) is 13.2 Å². The number of nitrogens with one attached hydrogen (secondary N) is 1. The zero-order chi connectivity index (χ0) is 25.0. The lowest BCUT2D eigenvalue weighted by Crippen LogP contribution is -2.25. The lowest BCUT2D eigenvalue weighted by atomic mass is 10.1. The first-order valence-corrected chi connectivity index (χ1v) is 13.1. The van der Waals surface area contributed by atoms with Crippen LogP contribution in [0.15, 0.2) is 82.1 Å². The largest absolute Gasteiger partial charge is 0.441 e. The molecule has 0 bridgehead atoms. The summed E-state index contributed by atoms with van der Waals surface area (Å²) >= 11 is 0. The molecule has 0 aliphatic heterocycles. The van der Waals surface area contributed by atoms with E-state index in [2.05, 4.69) is 34.6 Å². The Labute approximate surface area is 206 Å². The molecule has 4 rings (SSSR count). The van der Waals surface area contributed by atoms with Crippen LogP contribution < -0.4 is 5.32 Å². The molecular formula is C28H28N2O4S. The van der Waals surface area contributed by atoms with Gasteiger partial charge in [-0.2, -0.15) is 0 Å². The first-order chi connectivity index (χ1) is 16.7. The van der Waals surface area contributed by atoms with Crippen LogP contribution in [0.5, 0.6) is 0 Å². The van der Waals surface area contributed by atoms with Gasteiger partial charge in [0, 0.05) is 17.7 Å². The first kappa shape index (κ1) is 24.4. The first-order valence-electron chi connectivity index (χ1n) is 11.4. The summed E-state index contributed by atoms with van der Waals surface area (Å²) in [6.45, 7) is 6.20. The third-order valence-corrected chi connectivity index (χ3v) is 7.46. The normalized spacial score (nSPS) is 11.4. The molecule has 4 aromatic rings. The smallest absolute Gasteiger partial charge is 0.251 e. The summed E-state index contributed by atoms with van der Waals surface area (Å²) in [7, 11) is -3.55. The van der Waals surface area contributed by atoms with E-state index in [1.165, 1.54) is 11.1 Å². The zero-order valence-corrected chi connectivity index (χ0v) is 20.9. The highest BCUT2D eigenvalue weighted by atomic mass is 32.2. The van der Waals surface area contributed by atoms with Crippen molar-refractivity contribution >= 4 is 15.7 Å². The minimum Gasteiger partial charge on any atom is -0.441 e. The second kappa shape index (κ2) is 10.3. The van der Waals surface area contributed by atoms with Crippen molar-refractivity contribution < 1.29 is 17.6 Å². The molecule has 0 saturated heterocycles. The molecule has 0 spiro atoms. The molecule has 1 N–H and O–H groups in total. The number of sulfone groups is 1. The van der Waals surface area contributed by atoms with Crippen molar-refractivity contribution in [3.05, 3.63) is 107 Å². The van der Waals surface area contributed by atoms with Gasteiger partial charge >= 0.3 is 0 Å². The van der Waals surface area contributed by atoms with Crippen LogP contribution >= 0.6 is 0 Å². The molecule has 0 aliphatic carbocycles. The van der Waals surface area contributed by atoms with E-state index in [1.54, 1.807) is 55.5 Å². The standard InChI is InChI=1S/C28H28N2O4S/c1-19-4-8-22(9-5-19)16-17-29-27(31)23-10-12-24(13-11-23)28-30-26(21(3)34-28)18-35(32,33)25-14-6-20(2)7-15-25/h4-15H,16-18H2,1-3H3,(H,29,31). The highest BCUT2D eigenvalue weighted by Crippen LogP contribution is 2.25. The number of carbonyl (C=O) groups is 1. The summed E-state index contributed by atoms with van der Waals surface area (Å²) < 4.78 is 31.3. The molecular weight excluding hydrogens is 460 g/mol. The van der Waals surface area contributed by atoms with Gasteiger partial charge in [0.25, 0.3) is 5.91 Å². The fourth-order valence-corrected chi connectivity index (χ4v) is 4.98. The van der Waals surface area contributed by atoms with Gasteiger partial charge in [-0.05, 0) is 69.2 Å². The SMILES string of the molecule is Cc1ccc(CCNC(=O)c2ccc(-c3nc(CS(=O)(=O)c4ccc(C)cc4)c(C)o3)cc2)cc1. The van der Waals surface area contributed by atoms with Crippen molar-refractivity contribution in [1.29, 1.82) is 0 Å². The predicted molar refractivity (Wildman–Crippen MR) is 136 cm³/mol. The Morgan fingerprint density at radius 3 is 2.09 bits per heavy atom. The van der Waals surface area contributed by atoms with Crippen molar-refractivity contribution in [2.45, 2.75) is 37.8 Å². The topological polar surface area (TPSA) is 89.3 Å². The molecule has 0 fully saturated rings. The lowest BCUT2D eigenvalue weighted by molar-refractivity contribution is 0.0954.